The molecular formula is C17H22N2O6S. The number of ether oxygens (including phenoxy) is 2. The average molecular weight is 382 g/mol. The Hall–Kier alpha value is -2.29. The van der Waals surface area contributed by atoms with Crippen molar-refractivity contribution in [2.45, 2.75) is 31.7 Å². The zero-order chi connectivity index (χ0) is 18.6. The minimum absolute atomic E-state index is 0.000626. The van der Waals surface area contributed by atoms with E-state index in [1.54, 1.807) is 0 Å². The minimum Gasteiger partial charge on any atom is -0.454 e. The summed E-state index contributed by atoms with van der Waals surface area (Å²) in [5.74, 6) is 1.13. The zero-order valence-electron chi connectivity index (χ0n) is 14.3. The first-order valence-corrected chi connectivity index (χ1v) is 10.4. The summed E-state index contributed by atoms with van der Waals surface area (Å²) in [6.45, 7) is 0.444. The van der Waals surface area contributed by atoms with Gasteiger partial charge in [0.1, 0.15) is 0 Å². The Morgan fingerprint density at radius 1 is 1.12 bits per heavy atom. The summed E-state index contributed by atoms with van der Waals surface area (Å²) in [4.78, 5) is 23.7. The van der Waals surface area contributed by atoms with Crippen molar-refractivity contribution in [3.63, 3.8) is 0 Å². The molecule has 1 fully saturated rings. The largest absolute Gasteiger partial charge is 0.454 e. The predicted molar refractivity (Wildman–Crippen MR) is 93.7 cm³/mol. The number of hydrogen-bond donors (Lipinski definition) is 2. The van der Waals surface area contributed by atoms with E-state index in [0.717, 1.165) is 5.56 Å². The molecule has 0 saturated carbocycles. The van der Waals surface area contributed by atoms with Crippen LogP contribution < -0.4 is 20.1 Å². The molecule has 0 radical (unpaired) electrons. The topological polar surface area (TPSA) is 111 Å². The predicted octanol–water partition coefficient (Wildman–Crippen LogP) is 0.158. The summed E-state index contributed by atoms with van der Waals surface area (Å²) >= 11 is 0. The Labute approximate surface area is 152 Å². The number of aryl methyl sites for hydroxylation is 1. The molecule has 0 bridgehead atoms. The molecule has 3 rings (SSSR count). The second-order valence-corrected chi connectivity index (χ2v) is 8.68. The summed E-state index contributed by atoms with van der Waals surface area (Å²) in [7, 11) is -3.01. The number of hydrogen-bond acceptors (Lipinski definition) is 6. The van der Waals surface area contributed by atoms with Gasteiger partial charge >= 0.3 is 0 Å². The van der Waals surface area contributed by atoms with Crippen LogP contribution in [0.4, 0.5) is 0 Å². The highest BCUT2D eigenvalue weighted by Crippen LogP contribution is 2.32. The first-order chi connectivity index (χ1) is 12.4. The maximum Gasteiger partial charge on any atom is 0.231 e. The third-order valence-corrected chi connectivity index (χ3v) is 6.12. The first kappa shape index (κ1) is 18.5. The average Bonchev–Trinajstić information content (AvgIpc) is 3.18. The van der Waals surface area contributed by atoms with Gasteiger partial charge in [-0.1, -0.05) is 6.07 Å². The van der Waals surface area contributed by atoms with E-state index in [9.17, 15) is 18.0 Å². The molecule has 0 spiro atoms. The number of amides is 2. The molecule has 1 aromatic rings. The summed E-state index contributed by atoms with van der Waals surface area (Å²) in [6.07, 6.45) is 1.46. The fourth-order valence-corrected chi connectivity index (χ4v) is 4.64. The van der Waals surface area contributed by atoms with Crippen LogP contribution in [-0.4, -0.2) is 51.1 Å². The minimum atomic E-state index is -3.01. The van der Waals surface area contributed by atoms with E-state index in [2.05, 4.69) is 10.6 Å². The summed E-state index contributed by atoms with van der Waals surface area (Å²) in [5.41, 5.74) is 0.976. The molecule has 26 heavy (non-hydrogen) atoms. The van der Waals surface area contributed by atoms with Gasteiger partial charge in [0.25, 0.3) is 0 Å². The Bertz CT molecular complexity index is 792. The number of carbonyl (C=O) groups excluding carboxylic acids is 2. The molecule has 0 unspecified atom stereocenters. The van der Waals surface area contributed by atoms with E-state index in [-0.39, 0.29) is 49.1 Å². The van der Waals surface area contributed by atoms with Crippen LogP contribution >= 0.6 is 0 Å². The van der Waals surface area contributed by atoms with Crippen LogP contribution in [0.15, 0.2) is 18.2 Å². The van der Waals surface area contributed by atoms with Crippen molar-refractivity contribution in [2.24, 2.45) is 0 Å². The van der Waals surface area contributed by atoms with Crippen LogP contribution in [0.3, 0.4) is 0 Å². The fourth-order valence-electron chi connectivity index (χ4n) is 2.97. The maximum atomic E-state index is 11.9. The van der Waals surface area contributed by atoms with Crippen LogP contribution in [0.2, 0.25) is 0 Å². The molecule has 142 valence electrons. The Kier molecular flexibility index (Phi) is 5.65. The second kappa shape index (κ2) is 7.94. The lowest BCUT2D eigenvalue weighted by Gasteiger charge is -2.11. The van der Waals surface area contributed by atoms with Gasteiger partial charge in [0, 0.05) is 25.4 Å². The molecule has 2 aliphatic rings. The molecule has 1 aromatic carbocycles. The van der Waals surface area contributed by atoms with E-state index in [4.69, 9.17) is 9.47 Å². The molecular weight excluding hydrogens is 360 g/mol. The van der Waals surface area contributed by atoms with Gasteiger partial charge in [-0.25, -0.2) is 8.42 Å². The summed E-state index contributed by atoms with van der Waals surface area (Å²) in [6, 6.07) is 5.26. The van der Waals surface area contributed by atoms with Crippen molar-refractivity contribution in [3.8, 4) is 11.5 Å². The number of nitrogens with one attached hydrogen (secondary N) is 2. The third-order valence-electron chi connectivity index (χ3n) is 4.35. The monoisotopic (exact) mass is 382 g/mol. The number of sulfone groups is 1. The zero-order valence-corrected chi connectivity index (χ0v) is 15.1. The smallest absolute Gasteiger partial charge is 0.231 e. The van der Waals surface area contributed by atoms with Crippen molar-refractivity contribution in [2.75, 3.05) is 24.8 Å². The van der Waals surface area contributed by atoms with Gasteiger partial charge < -0.3 is 20.1 Å². The first-order valence-electron chi connectivity index (χ1n) is 8.56. The normalized spacial score (nSPS) is 19.9. The number of carbonyl (C=O) groups is 2. The molecule has 2 aliphatic heterocycles. The van der Waals surface area contributed by atoms with Gasteiger partial charge in [0.15, 0.2) is 21.3 Å². The lowest BCUT2D eigenvalue weighted by Crippen LogP contribution is -2.37. The molecule has 1 atom stereocenters. The van der Waals surface area contributed by atoms with Crippen LogP contribution in [0.5, 0.6) is 11.5 Å². The number of fused-ring (bicyclic) bond motifs is 1. The lowest BCUT2D eigenvalue weighted by atomic mass is 10.1. The van der Waals surface area contributed by atoms with Crippen LogP contribution in [-0.2, 0) is 25.8 Å². The van der Waals surface area contributed by atoms with E-state index < -0.39 is 9.84 Å². The number of benzene rings is 1. The SMILES string of the molecule is O=C(CCc1ccc2c(c1)OCO2)NCCC(=O)N[C@@H]1CCS(=O)(=O)C1. The maximum absolute atomic E-state index is 11.9. The van der Waals surface area contributed by atoms with E-state index in [1.807, 2.05) is 18.2 Å². The molecule has 2 N–H and O–H groups in total. The third kappa shape index (κ3) is 5.10. The molecule has 0 aromatic heterocycles. The van der Waals surface area contributed by atoms with Gasteiger partial charge in [-0.3, -0.25) is 9.59 Å². The van der Waals surface area contributed by atoms with Crippen LogP contribution in [0.1, 0.15) is 24.8 Å². The lowest BCUT2D eigenvalue weighted by molar-refractivity contribution is -0.122. The highest BCUT2D eigenvalue weighted by atomic mass is 32.2. The van der Waals surface area contributed by atoms with Gasteiger partial charge in [-0.2, -0.15) is 0 Å². The van der Waals surface area contributed by atoms with Gasteiger partial charge in [-0.15, -0.1) is 0 Å². The standard InChI is InChI=1S/C17H22N2O6S/c20-16(4-2-12-1-3-14-15(9-12)25-11-24-14)18-7-5-17(21)19-13-6-8-26(22,23)10-13/h1,3,9,13H,2,4-8,10-11H2,(H,18,20)(H,19,21)/t13-/m1/s1. The molecule has 8 nitrogen and oxygen atoms in total. The van der Waals surface area contributed by atoms with Crippen molar-refractivity contribution in [3.05, 3.63) is 23.8 Å². The van der Waals surface area contributed by atoms with Gasteiger partial charge in [-0.05, 0) is 30.5 Å². The van der Waals surface area contributed by atoms with E-state index >= 15 is 0 Å². The van der Waals surface area contributed by atoms with Gasteiger partial charge in [0.05, 0.1) is 11.5 Å². The molecule has 0 aliphatic carbocycles. The highest BCUT2D eigenvalue weighted by molar-refractivity contribution is 7.91. The van der Waals surface area contributed by atoms with E-state index in [0.29, 0.717) is 30.8 Å². The van der Waals surface area contributed by atoms with Crippen LogP contribution in [0, 0.1) is 0 Å². The van der Waals surface area contributed by atoms with Crippen molar-refractivity contribution < 1.29 is 27.5 Å². The quantitative estimate of drug-likeness (QED) is 0.695. The molecule has 2 heterocycles. The Morgan fingerprint density at radius 3 is 2.69 bits per heavy atom. The van der Waals surface area contributed by atoms with Crippen LogP contribution in [0.25, 0.3) is 0 Å². The second-order valence-electron chi connectivity index (χ2n) is 6.46. The Morgan fingerprint density at radius 2 is 1.92 bits per heavy atom. The molecule has 2 amide bonds. The highest BCUT2D eigenvalue weighted by Gasteiger charge is 2.28. The summed E-state index contributed by atoms with van der Waals surface area (Å²) in [5, 5.41) is 5.40. The van der Waals surface area contributed by atoms with Crippen molar-refractivity contribution in [1.29, 1.82) is 0 Å². The van der Waals surface area contributed by atoms with E-state index in [1.165, 1.54) is 0 Å². The number of rotatable bonds is 7. The van der Waals surface area contributed by atoms with Gasteiger partial charge in [0.2, 0.25) is 18.6 Å². The molecule has 1 saturated heterocycles. The summed E-state index contributed by atoms with van der Waals surface area (Å²) < 4.78 is 33.2. The Balaban J connectivity index is 1.32. The van der Waals surface area contributed by atoms with Crippen molar-refractivity contribution >= 4 is 21.7 Å². The fraction of sp³-hybridized carbons (Fsp3) is 0.529. The van der Waals surface area contributed by atoms with Crippen molar-refractivity contribution in [1.82, 2.24) is 10.6 Å². The molecule has 9 heteroatoms.